The van der Waals surface area contributed by atoms with E-state index in [4.69, 9.17) is 0 Å². The fraction of sp³-hybridized carbons (Fsp3) is 0.500. The Bertz CT molecular complexity index is 488. The van der Waals surface area contributed by atoms with Crippen LogP contribution in [-0.2, 0) is 9.59 Å². The van der Waals surface area contributed by atoms with Crippen LogP contribution in [0.3, 0.4) is 0 Å². The third-order valence-corrected chi connectivity index (χ3v) is 4.24. The van der Waals surface area contributed by atoms with Gasteiger partial charge in [-0.3, -0.25) is 14.5 Å². The van der Waals surface area contributed by atoms with Gasteiger partial charge in [-0.2, -0.15) is 0 Å². The summed E-state index contributed by atoms with van der Waals surface area (Å²) >= 11 is 0. The van der Waals surface area contributed by atoms with Gasteiger partial charge in [0.05, 0.1) is 5.69 Å². The van der Waals surface area contributed by atoms with Crippen molar-refractivity contribution in [2.75, 3.05) is 18.0 Å². The monoisotopic (exact) mass is 272 g/mol. The van der Waals surface area contributed by atoms with Crippen LogP contribution in [0.5, 0.6) is 0 Å². The minimum Gasteiger partial charge on any atom is -0.317 e. The Morgan fingerprint density at radius 1 is 0.950 bits per heavy atom. The van der Waals surface area contributed by atoms with Gasteiger partial charge in [0.2, 0.25) is 11.8 Å². The standard InChI is InChI=1S/C16H20N2O2/c19-15-2-1-3-16(20)18(15)14-6-4-12(5-7-14)13-8-10-17-11-9-13/h4-7,13,17H,1-3,8-11H2. The molecule has 2 amide bonds. The minimum atomic E-state index is -0.0733. The largest absolute Gasteiger partial charge is 0.317 e. The van der Waals surface area contributed by atoms with Gasteiger partial charge in [0.15, 0.2) is 0 Å². The molecule has 2 aliphatic heterocycles. The maximum absolute atomic E-state index is 11.9. The van der Waals surface area contributed by atoms with Crippen LogP contribution in [0.15, 0.2) is 24.3 Å². The Labute approximate surface area is 119 Å². The van der Waals surface area contributed by atoms with Crippen LogP contribution in [-0.4, -0.2) is 24.9 Å². The Kier molecular flexibility index (Phi) is 3.83. The maximum Gasteiger partial charge on any atom is 0.233 e. The summed E-state index contributed by atoms with van der Waals surface area (Å²) in [5, 5.41) is 3.36. The normalized spacial score (nSPS) is 21.3. The predicted molar refractivity (Wildman–Crippen MR) is 77.6 cm³/mol. The van der Waals surface area contributed by atoms with Gasteiger partial charge in [-0.25, -0.2) is 0 Å². The van der Waals surface area contributed by atoms with Gasteiger partial charge in [0.1, 0.15) is 0 Å². The number of nitrogens with zero attached hydrogens (tertiary/aromatic N) is 1. The second-order valence-corrected chi connectivity index (χ2v) is 5.59. The number of benzene rings is 1. The highest BCUT2D eigenvalue weighted by Gasteiger charge is 2.27. The van der Waals surface area contributed by atoms with Crippen molar-refractivity contribution in [1.29, 1.82) is 0 Å². The first-order valence-electron chi connectivity index (χ1n) is 7.42. The predicted octanol–water partition coefficient (Wildman–Crippen LogP) is 2.20. The van der Waals surface area contributed by atoms with Crippen molar-refractivity contribution in [2.45, 2.75) is 38.0 Å². The van der Waals surface area contributed by atoms with Crippen LogP contribution >= 0.6 is 0 Å². The number of carbonyl (C=O) groups is 2. The highest BCUT2D eigenvalue weighted by molar-refractivity contribution is 6.16. The molecule has 3 rings (SSSR count). The average molecular weight is 272 g/mol. The van der Waals surface area contributed by atoms with E-state index in [1.807, 2.05) is 12.1 Å². The molecule has 0 saturated carbocycles. The number of amides is 2. The number of imide groups is 1. The number of anilines is 1. The van der Waals surface area contributed by atoms with E-state index in [1.54, 1.807) is 0 Å². The summed E-state index contributed by atoms with van der Waals surface area (Å²) in [6.07, 6.45) is 3.94. The molecule has 2 fully saturated rings. The summed E-state index contributed by atoms with van der Waals surface area (Å²) in [7, 11) is 0. The van der Waals surface area contributed by atoms with E-state index in [9.17, 15) is 9.59 Å². The third-order valence-electron chi connectivity index (χ3n) is 4.24. The van der Waals surface area contributed by atoms with Gasteiger partial charge >= 0.3 is 0 Å². The smallest absolute Gasteiger partial charge is 0.233 e. The van der Waals surface area contributed by atoms with E-state index in [2.05, 4.69) is 17.4 Å². The molecule has 0 radical (unpaired) electrons. The van der Waals surface area contributed by atoms with Crippen molar-refractivity contribution in [1.82, 2.24) is 5.32 Å². The highest BCUT2D eigenvalue weighted by Crippen LogP contribution is 2.28. The molecule has 4 nitrogen and oxygen atoms in total. The molecule has 1 aromatic carbocycles. The molecule has 2 heterocycles. The van der Waals surface area contributed by atoms with E-state index in [1.165, 1.54) is 10.5 Å². The Hall–Kier alpha value is -1.68. The van der Waals surface area contributed by atoms with Crippen molar-refractivity contribution < 1.29 is 9.59 Å². The first-order chi connectivity index (χ1) is 9.75. The van der Waals surface area contributed by atoms with Crippen LogP contribution in [0.2, 0.25) is 0 Å². The van der Waals surface area contributed by atoms with Crippen LogP contribution in [0.25, 0.3) is 0 Å². The molecule has 0 atom stereocenters. The van der Waals surface area contributed by atoms with E-state index < -0.39 is 0 Å². The molecule has 1 aromatic rings. The molecular formula is C16H20N2O2. The van der Waals surface area contributed by atoms with Crippen LogP contribution in [0.1, 0.15) is 43.6 Å². The first kappa shape index (κ1) is 13.3. The summed E-state index contributed by atoms with van der Waals surface area (Å²) < 4.78 is 0. The molecule has 0 spiro atoms. The second kappa shape index (κ2) is 5.75. The van der Waals surface area contributed by atoms with Crippen molar-refractivity contribution in [3.05, 3.63) is 29.8 Å². The zero-order valence-electron chi connectivity index (χ0n) is 11.6. The lowest BCUT2D eigenvalue weighted by molar-refractivity contribution is -0.129. The summed E-state index contributed by atoms with van der Waals surface area (Å²) in [5.74, 6) is 0.449. The van der Waals surface area contributed by atoms with E-state index in [-0.39, 0.29) is 11.8 Å². The van der Waals surface area contributed by atoms with Gasteiger partial charge in [-0.05, 0) is 56.0 Å². The van der Waals surface area contributed by atoms with E-state index >= 15 is 0 Å². The zero-order valence-corrected chi connectivity index (χ0v) is 11.6. The summed E-state index contributed by atoms with van der Waals surface area (Å²) in [6.45, 7) is 2.13. The molecule has 1 N–H and O–H groups in total. The fourth-order valence-corrected chi connectivity index (χ4v) is 3.09. The number of hydrogen-bond donors (Lipinski definition) is 1. The van der Waals surface area contributed by atoms with Crippen LogP contribution < -0.4 is 10.2 Å². The van der Waals surface area contributed by atoms with E-state index in [0.717, 1.165) is 31.6 Å². The van der Waals surface area contributed by atoms with Crippen molar-refractivity contribution in [3.63, 3.8) is 0 Å². The minimum absolute atomic E-state index is 0.0733. The van der Waals surface area contributed by atoms with Crippen molar-refractivity contribution >= 4 is 17.5 Å². The first-order valence-corrected chi connectivity index (χ1v) is 7.42. The zero-order chi connectivity index (χ0) is 13.9. The summed E-state index contributed by atoms with van der Waals surface area (Å²) in [4.78, 5) is 25.1. The molecular weight excluding hydrogens is 252 g/mol. The van der Waals surface area contributed by atoms with Crippen LogP contribution in [0.4, 0.5) is 5.69 Å². The van der Waals surface area contributed by atoms with Gasteiger partial charge in [0, 0.05) is 12.8 Å². The molecule has 2 aliphatic rings. The lowest BCUT2D eigenvalue weighted by Crippen LogP contribution is -2.40. The SMILES string of the molecule is O=C1CCCC(=O)N1c1ccc(C2CCNCC2)cc1. The average Bonchev–Trinajstić information content (AvgIpc) is 2.49. The molecule has 4 heteroatoms. The van der Waals surface area contributed by atoms with Crippen molar-refractivity contribution in [3.8, 4) is 0 Å². The number of rotatable bonds is 2. The number of piperidine rings is 2. The fourth-order valence-electron chi connectivity index (χ4n) is 3.09. The number of nitrogens with one attached hydrogen (secondary N) is 1. The molecule has 0 bridgehead atoms. The Balaban J connectivity index is 1.78. The molecule has 2 saturated heterocycles. The Morgan fingerprint density at radius 2 is 1.55 bits per heavy atom. The lowest BCUT2D eigenvalue weighted by atomic mass is 9.90. The van der Waals surface area contributed by atoms with Gasteiger partial charge < -0.3 is 5.32 Å². The van der Waals surface area contributed by atoms with Gasteiger partial charge in [0.25, 0.3) is 0 Å². The van der Waals surface area contributed by atoms with Crippen molar-refractivity contribution in [2.24, 2.45) is 0 Å². The third kappa shape index (κ3) is 2.61. The molecule has 0 aliphatic carbocycles. The summed E-state index contributed by atoms with van der Waals surface area (Å²) in [5.41, 5.74) is 2.03. The quantitative estimate of drug-likeness (QED) is 0.840. The summed E-state index contributed by atoms with van der Waals surface area (Å²) in [6, 6.07) is 7.97. The lowest BCUT2D eigenvalue weighted by Gasteiger charge is -2.26. The van der Waals surface area contributed by atoms with Gasteiger partial charge in [-0.15, -0.1) is 0 Å². The molecule has 106 valence electrons. The molecule has 0 aromatic heterocycles. The molecule has 0 unspecified atom stereocenters. The van der Waals surface area contributed by atoms with Gasteiger partial charge in [-0.1, -0.05) is 12.1 Å². The second-order valence-electron chi connectivity index (χ2n) is 5.59. The number of carbonyl (C=O) groups excluding carboxylic acids is 2. The maximum atomic E-state index is 11.9. The highest BCUT2D eigenvalue weighted by atomic mass is 16.2. The topological polar surface area (TPSA) is 49.4 Å². The van der Waals surface area contributed by atoms with E-state index in [0.29, 0.717) is 25.2 Å². The van der Waals surface area contributed by atoms with Crippen LogP contribution in [0, 0.1) is 0 Å². The number of hydrogen-bond acceptors (Lipinski definition) is 3. The Morgan fingerprint density at radius 3 is 2.15 bits per heavy atom. The molecule has 20 heavy (non-hydrogen) atoms.